The minimum atomic E-state index is -0.777. The van der Waals surface area contributed by atoms with E-state index in [1.807, 2.05) is 30.3 Å². The summed E-state index contributed by atoms with van der Waals surface area (Å²) in [7, 11) is 0. The summed E-state index contributed by atoms with van der Waals surface area (Å²) in [6.07, 6.45) is 4.20. The number of hydrogen-bond donors (Lipinski definition) is 0. The topological polar surface area (TPSA) is 76.3 Å². The summed E-state index contributed by atoms with van der Waals surface area (Å²) in [4.78, 5) is 29.4. The first-order chi connectivity index (χ1) is 14.4. The summed E-state index contributed by atoms with van der Waals surface area (Å²) in [6.45, 7) is 3.91. The van der Waals surface area contributed by atoms with Crippen molar-refractivity contribution in [2.24, 2.45) is 0 Å². The second kappa shape index (κ2) is 9.26. The summed E-state index contributed by atoms with van der Waals surface area (Å²) in [6, 6.07) is 13.7. The van der Waals surface area contributed by atoms with Gasteiger partial charge in [-0.15, -0.1) is 0 Å². The van der Waals surface area contributed by atoms with Gasteiger partial charge in [0.25, 0.3) is 11.6 Å². The van der Waals surface area contributed by atoms with E-state index in [9.17, 15) is 19.3 Å². The largest absolute Gasteiger partial charge is 0.330 e. The van der Waals surface area contributed by atoms with E-state index in [4.69, 9.17) is 0 Å². The Labute approximate surface area is 174 Å². The van der Waals surface area contributed by atoms with Crippen molar-refractivity contribution in [3.05, 3.63) is 105 Å². The average Bonchev–Trinajstić information content (AvgIpc) is 2.75. The monoisotopic (exact) mass is 407 g/mol. The fraction of sp³-hybridized carbons (Fsp3) is 0.217. The smallest absolute Gasteiger partial charge is 0.276 e. The molecule has 3 rings (SSSR count). The van der Waals surface area contributed by atoms with Crippen LogP contribution >= 0.6 is 0 Å². The van der Waals surface area contributed by atoms with Gasteiger partial charge in [0.05, 0.1) is 10.5 Å². The average molecular weight is 407 g/mol. The van der Waals surface area contributed by atoms with Crippen molar-refractivity contribution in [1.29, 1.82) is 0 Å². The van der Waals surface area contributed by atoms with E-state index in [1.165, 1.54) is 17.4 Å². The highest BCUT2D eigenvalue weighted by molar-refractivity contribution is 5.95. The van der Waals surface area contributed by atoms with Crippen molar-refractivity contribution >= 4 is 11.6 Å². The van der Waals surface area contributed by atoms with Gasteiger partial charge in [-0.2, -0.15) is 0 Å². The molecule has 0 radical (unpaired) electrons. The van der Waals surface area contributed by atoms with E-state index in [2.05, 4.69) is 11.9 Å². The quantitative estimate of drug-likeness (QED) is 0.415. The lowest BCUT2D eigenvalue weighted by atomic mass is 10.1. The molecule has 0 aliphatic rings. The van der Waals surface area contributed by atoms with Crippen LogP contribution in [0.4, 0.5) is 10.1 Å². The summed E-state index contributed by atoms with van der Waals surface area (Å²) in [5.74, 6) is -1.26. The first kappa shape index (κ1) is 21.1. The molecule has 2 aromatic carbocycles. The number of hydrogen-bond acceptors (Lipinski definition) is 4. The molecule has 0 bridgehead atoms. The van der Waals surface area contributed by atoms with Crippen LogP contribution in [0, 0.1) is 22.9 Å². The molecule has 0 fully saturated rings. The molecule has 0 saturated heterocycles. The zero-order valence-corrected chi connectivity index (χ0v) is 16.8. The third-order valence-corrected chi connectivity index (χ3v) is 4.95. The number of nitro benzene ring substituents is 1. The van der Waals surface area contributed by atoms with Gasteiger partial charge in [-0.3, -0.25) is 19.9 Å². The van der Waals surface area contributed by atoms with Crippen molar-refractivity contribution < 1.29 is 14.1 Å². The number of halogens is 1. The molecule has 1 heterocycles. The Bertz CT molecular complexity index is 1050. The van der Waals surface area contributed by atoms with E-state index < -0.39 is 22.3 Å². The van der Waals surface area contributed by atoms with Gasteiger partial charge in [0.1, 0.15) is 5.82 Å². The van der Waals surface area contributed by atoms with E-state index in [0.29, 0.717) is 0 Å². The molecule has 0 aliphatic carbocycles. The predicted octanol–water partition coefficient (Wildman–Crippen LogP) is 4.84. The van der Waals surface area contributed by atoms with Gasteiger partial charge < -0.3 is 4.90 Å². The van der Waals surface area contributed by atoms with Gasteiger partial charge in [0.15, 0.2) is 0 Å². The minimum Gasteiger partial charge on any atom is -0.330 e. The Hall–Kier alpha value is -3.61. The van der Waals surface area contributed by atoms with Gasteiger partial charge >= 0.3 is 0 Å². The van der Waals surface area contributed by atoms with E-state index in [0.717, 1.165) is 29.7 Å². The van der Waals surface area contributed by atoms with Crippen LogP contribution in [0.1, 0.15) is 39.5 Å². The molecular formula is C23H22FN3O3. The van der Waals surface area contributed by atoms with Gasteiger partial charge in [0.2, 0.25) is 0 Å². The number of nitro groups is 1. The normalized spacial score (nSPS) is 10.6. The predicted molar refractivity (Wildman–Crippen MR) is 111 cm³/mol. The third kappa shape index (κ3) is 4.86. The molecule has 0 spiro atoms. The maximum atomic E-state index is 14.3. The van der Waals surface area contributed by atoms with Crippen molar-refractivity contribution in [3.63, 3.8) is 0 Å². The molecule has 0 atom stereocenters. The second-order valence-electron chi connectivity index (χ2n) is 7.05. The molecule has 7 heteroatoms. The van der Waals surface area contributed by atoms with E-state index in [-0.39, 0.29) is 24.2 Å². The molecule has 6 nitrogen and oxygen atoms in total. The van der Waals surface area contributed by atoms with Crippen molar-refractivity contribution in [3.8, 4) is 0 Å². The van der Waals surface area contributed by atoms with Gasteiger partial charge in [-0.25, -0.2) is 4.39 Å². The van der Waals surface area contributed by atoms with E-state index >= 15 is 0 Å². The highest BCUT2D eigenvalue weighted by Crippen LogP contribution is 2.24. The van der Waals surface area contributed by atoms with Crippen LogP contribution in [0.25, 0.3) is 0 Å². The van der Waals surface area contributed by atoms with E-state index in [1.54, 1.807) is 18.5 Å². The zero-order valence-electron chi connectivity index (χ0n) is 16.8. The van der Waals surface area contributed by atoms with Gasteiger partial charge in [-0.05, 0) is 42.2 Å². The standard InChI is InChI=1S/C23H22FN3O3/c1-3-17-6-8-18(9-7-17)14-26(15-19-5-4-10-25-13-19)23(28)20-11-21(24)16(2)22(12-20)27(29)30/h4-13H,3,14-15H2,1-2H3. The molecule has 1 amide bonds. The van der Waals surface area contributed by atoms with Crippen molar-refractivity contribution in [2.45, 2.75) is 33.4 Å². The number of carbonyl (C=O) groups excluding carboxylic acids is 1. The van der Waals surface area contributed by atoms with Crippen LogP contribution in [-0.2, 0) is 19.5 Å². The zero-order chi connectivity index (χ0) is 21.7. The Kier molecular flexibility index (Phi) is 6.51. The van der Waals surface area contributed by atoms with Crippen LogP contribution in [0.3, 0.4) is 0 Å². The first-order valence-electron chi connectivity index (χ1n) is 9.59. The maximum absolute atomic E-state index is 14.3. The van der Waals surface area contributed by atoms with Crippen LogP contribution in [0.5, 0.6) is 0 Å². The highest BCUT2D eigenvalue weighted by atomic mass is 19.1. The maximum Gasteiger partial charge on any atom is 0.276 e. The number of aryl methyl sites for hydroxylation is 1. The number of aromatic nitrogens is 1. The van der Waals surface area contributed by atoms with Crippen LogP contribution in [0.15, 0.2) is 60.9 Å². The van der Waals surface area contributed by atoms with Crippen molar-refractivity contribution in [2.75, 3.05) is 0 Å². The molecule has 0 saturated carbocycles. The number of benzene rings is 2. The van der Waals surface area contributed by atoms with Gasteiger partial charge in [0, 0.05) is 37.1 Å². The molecule has 30 heavy (non-hydrogen) atoms. The lowest BCUT2D eigenvalue weighted by Gasteiger charge is -2.23. The molecule has 3 aromatic rings. The summed E-state index contributed by atoms with van der Waals surface area (Å²) >= 11 is 0. The molecule has 0 aliphatic heterocycles. The van der Waals surface area contributed by atoms with Crippen molar-refractivity contribution in [1.82, 2.24) is 9.88 Å². The number of pyridine rings is 1. The lowest BCUT2D eigenvalue weighted by Crippen LogP contribution is -2.30. The third-order valence-electron chi connectivity index (χ3n) is 4.95. The Morgan fingerprint density at radius 3 is 2.37 bits per heavy atom. The number of carbonyl (C=O) groups is 1. The molecular weight excluding hydrogens is 385 g/mol. The first-order valence-corrected chi connectivity index (χ1v) is 9.59. The number of nitrogens with zero attached hydrogens (tertiary/aromatic N) is 3. The SMILES string of the molecule is CCc1ccc(CN(Cc2cccnc2)C(=O)c2cc(F)c(C)c([N+](=O)[O-])c2)cc1. The Morgan fingerprint density at radius 1 is 1.10 bits per heavy atom. The Morgan fingerprint density at radius 2 is 1.77 bits per heavy atom. The number of rotatable bonds is 7. The summed E-state index contributed by atoms with van der Waals surface area (Å²) in [5, 5.41) is 11.3. The van der Waals surface area contributed by atoms with Crippen LogP contribution in [-0.4, -0.2) is 20.7 Å². The Balaban J connectivity index is 1.96. The summed E-state index contributed by atoms with van der Waals surface area (Å²) < 4.78 is 14.3. The molecule has 0 N–H and O–H groups in total. The lowest BCUT2D eigenvalue weighted by molar-refractivity contribution is -0.385. The second-order valence-corrected chi connectivity index (χ2v) is 7.05. The van der Waals surface area contributed by atoms with Crippen LogP contribution < -0.4 is 0 Å². The highest BCUT2D eigenvalue weighted by Gasteiger charge is 2.23. The van der Waals surface area contributed by atoms with Gasteiger partial charge in [-0.1, -0.05) is 37.3 Å². The molecule has 1 aromatic heterocycles. The minimum absolute atomic E-state index is 0.0566. The fourth-order valence-corrected chi connectivity index (χ4v) is 3.17. The number of amides is 1. The fourth-order valence-electron chi connectivity index (χ4n) is 3.17. The molecule has 154 valence electrons. The molecule has 0 unspecified atom stereocenters. The van der Waals surface area contributed by atoms with Crippen LogP contribution in [0.2, 0.25) is 0 Å². The summed E-state index contributed by atoms with van der Waals surface area (Å²) in [5.41, 5.74) is 2.33.